The second kappa shape index (κ2) is 8.62. The summed E-state index contributed by atoms with van der Waals surface area (Å²) in [5, 5.41) is 8.28. The smallest absolute Gasteiger partial charge is 0.260 e. The normalized spacial score (nSPS) is 11.3. The van der Waals surface area contributed by atoms with Crippen LogP contribution in [0.1, 0.15) is 39.0 Å². The summed E-state index contributed by atoms with van der Waals surface area (Å²) in [7, 11) is 1.96. The largest absolute Gasteiger partial charge is 0.361 e. The Morgan fingerprint density at radius 1 is 0.912 bits per heavy atom. The van der Waals surface area contributed by atoms with Crippen LogP contribution >= 0.6 is 0 Å². The van der Waals surface area contributed by atoms with Gasteiger partial charge in [-0.1, -0.05) is 52.8 Å². The number of rotatable bonds is 6. The average Bonchev–Trinajstić information content (AvgIpc) is 3.49. The molecule has 3 aromatic heterocycles. The number of carbonyl (C=O) groups excluding carboxylic acids is 1. The number of para-hydroxylation sites is 2. The van der Waals surface area contributed by atoms with Crippen molar-refractivity contribution in [2.75, 3.05) is 0 Å². The lowest BCUT2D eigenvalue weighted by molar-refractivity contribution is 0.0721. The van der Waals surface area contributed by atoms with Crippen LogP contribution in [0.5, 0.6) is 0 Å². The maximum absolute atomic E-state index is 13.8. The molecule has 1 amide bonds. The number of fused-ring (bicyclic) bond motifs is 1. The maximum Gasteiger partial charge on any atom is 0.260 e. The summed E-state index contributed by atoms with van der Waals surface area (Å²) in [6.45, 7) is 5.98. The zero-order chi connectivity index (χ0) is 23.8. The van der Waals surface area contributed by atoms with Crippen molar-refractivity contribution in [2.45, 2.75) is 33.9 Å². The Morgan fingerprint density at radius 2 is 1.62 bits per heavy atom. The molecule has 8 nitrogen and oxygen atoms in total. The number of aromatic nitrogens is 4. The third-order valence-electron chi connectivity index (χ3n) is 6.13. The Labute approximate surface area is 196 Å². The zero-order valence-electron chi connectivity index (χ0n) is 19.6. The van der Waals surface area contributed by atoms with Gasteiger partial charge >= 0.3 is 0 Å². The maximum atomic E-state index is 13.8. The fourth-order valence-electron chi connectivity index (χ4n) is 4.24. The van der Waals surface area contributed by atoms with E-state index in [-0.39, 0.29) is 5.91 Å². The van der Waals surface area contributed by atoms with Gasteiger partial charge in [0.1, 0.15) is 28.6 Å². The topological polar surface area (TPSA) is 90.2 Å². The van der Waals surface area contributed by atoms with E-state index < -0.39 is 0 Å². The van der Waals surface area contributed by atoms with Gasteiger partial charge in [-0.15, -0.1) is 0 Å². The number of benzene rings is 2. The van der Waals surface area contributed by atoms with Crippen molar-refractivity contribution >= 4 is 16.9 Å². The van der Waals surface area contributed by atoms with Gasteiger partial charge in [-0.25, -0.2) is 4.98 Å². The van der Waals surface area contributed by atoms with Gasteiger partial charge < -0.3 is 18.5 Å². The number of imidazole rings is 1. The summed E-state index contributed by atoms with van der Waals surface area (Å²) in [6, 6.07) is 17.7. The van der Waals surface area contributed by atoms with Gasteiger partial charge in [-0.2, -0.15) is 0 Å². The third-order valence-corrected chi connectivity index (χ3v) is 6.13. The lowest BCUT2D eigenvalue weighted by Gasteiger charge is -2.22. The first-order valence-electron chi connectivity index (χ1n) is 11.1. The highest BCUT2D eigenvalue weighted by molar-refractivity contribution is 5.96. The Morgan fingerprint density at radius 3 is 2.32 bits per heavy atom. The molecule has 34 heavy (non-hydrogen) atoms. The summed E-state index contributed by atoms with van der Waals surface area (Å²) in [4.78, 5) is 20.3. The molecule has 0 unspecified atom stereocenters. The molecule has 0 bridgehead atoms. The molecule has 0 spiro atoms. The molecule has 5 rings (SSSR count). The SMILES string of the molecule is Cc1noc(C)c1C(=O)N(Cc1c(-c2ccccc2)noc1C)Cc1nc2ccccc2n1C. The van der Waals surface area contributed by atoms with E-state index in [9.17, 15) is 4.79 Å². The molecule has 2 aromatic carbocycles. The van der Waals surface area contributed by atoms with Gasteiger partial charge in [-0.3, -0.25) is 4.79 Å². The number of carbonyl (C=O) groups is 1. The predicted octanol–water partition coefficient (Wildman–Crippen LogP) is 4.98. The molecular weight excluding hydrogens is 430 g/mol. The average molecular weight is 456 g/mol. The van der Waals surface area contributed by atoms with E-state index in [2.05, 4.69) is 10.3 Å². The van der Waals surface area contributed by atoms with Crippen molar-refractivity contribution in [3.63, 3.8) is 0 Å². The number of amides is 1. The number of hydrogen-bond donors (Lipinski definition) is 0. The highest BCUT2D eigenvalue weighted by Gasteiger charge is 2.28. The van der Waals surface area contributed by atoms with Crippen LogP contribution in [-0.4, -0.2) is 30.7 Å². The highest BCUT2D eigenvalue weighted by atomic mass is 16.5. The van der Waals surface area contributed by atoms with E-state index in [1.165, 1.54) is 0 Å². The van der Waals surface area contributed by atoms with Crippen molar-refractivity contribution in [2.24, 2.45) is 7.05 Å². The first-order valence-corrected chi connectivity index (χ1v) is 11.1. The van der Waals surface area contributed by atoms with E-state index in [1.807, 2.05) is 73.1 Å². The van der Waals surface area contributed by atoms with E-state index in [1.54, 1.807) is 18.7 Å². The first-order chi connectivity index (χ1) is 16.4. The van der Waals surface area contributed by atoms with Gasteiger partial charge in [0.15, 0.2) is 0 Å². The van der Waals surface area contributed by atoms with Crippen molar-refractivity contribution in [1.82, 2.24) is 24.8 Å². The summed E-state index contributed by atoms with van der Waals surface area (Å²) in [6.07, 6.45) is 0. The number of aryl methyl sites for hydroxylation is 4. The third kappa shape index (κ3) is 3.77. The van der Waals surface area contributed by atoms with Crippen molar-refractivity contribution in [3.05, 3.63) is 88.8 Å². The second-order valence-corrected chi connectivity index (χ2v) is 8.37. The quantitative estimate of drug-likeness (QED) is 0.359. The molecule has 0 saturated carbocycles. The van der Waals surface area contributed by atoms with Gasteiger partial charge in [0.05, 0.1) is 29.8 Å². The molecule has 8 heteroatoms. The summed E-state index contributed by atoms with van der Waals surface area (Å²) in [5.74, 6) is 1.75. The van der Waals surface area contributed by atoms with Crippen molar-refractivity contribution in [3.8, 4) is 11.3 Å². The van der Waals surface area contributed by atoms with Crippen LogP contribution in [0.2, 0.25) is 0 Å². The van der Waals surface area contributed by atoms with Gasteiger partial charge in [0.25, 0.3) is 5.91 Å². The monoisotopic (exact) mass is 455 g/mol. The summed E-state index contributed by atoms with van der Waals surface area (Å²) < 4.78 is 12.9. The zero-order valence-corrected chi connectivity index (χ0v) is 19.6. The van der Waals surface area contributed by atoms with Gasteiger partial charge in [-0.05, 0) is 32.9 Å². The Balaban J connectivity index is 1.57. The van der Waals surface area contributed by atoms with E-state index in [0.29, 0.717) is 35.9 Å². The lowest BCUT2D eigenvalue weighted by Crippen LogP contribution is -2.32. The molecular formula is C26H25N5O3. The van der Waals surface area contributed by atoms with E-state index >= 15 is 0 Å². The van der Waals surface area contributed by atoms with Crippen LogP contribution in [0, 0.1) is 20.8 Å². The van der Waals surface area contributed by atoms with Crippen LogP contribution in [0.25, 0.3) is 22.3 Å². The van der Waals surface area contributed by atoms with Crippen LogP contribution in [0.3, 0.4) is 0 Å². The molecule has 3 heterocycles. The molecule has 0 aliphatic rings. The molecule has 0 atom stereocenters. The molecule has 0 aliphatic heterocycles. The van der Waals surface area contributed by atoms with Crippen molar-refractivity contribution in [1.29, 1.82) is 0 Å². The van der Waals surface area contributed by atoms with E-state index in [4.69, 9.17) is 14.0 Å². The molecule has 5 aromatic rings. The van der Waals surface area contributed by atoms with Gasteiger partial charge in [0.2, 0.25) is 0 Å². The standard InChI is InChI=1S/C26H25N5O3/c1-16-24(18(3)34-28-16)26(32)31(15-23-27-21-12-8-9-13-22(21)30(23)4)14-20-17(2)33-29-25(20)19-10-6-5-7-11-19/h5-13H,14-15H2,1-4H3. The van der Waals surface area contributed by atoms with Crippen molar-refractivity contribution < 1.29 is 13.8 Å². The second-order valence-electron chi connectivity index (χ2n) is 8.37. The predicted molar refractivity (Wildman–Crippen MR) is 127 cm³/mol. The van der Waals surface area contributed by atoms with Crippen LogP contribution in [-0.2, 0) is 20.1 Å². The minimum absolute atomic E-state index is 0.178. The number of hydrogen-bond acceptors (Lipinski definition) is 6. The minimum atomic E-state index is -0.178. The van der Waals surface area contributed by atoms with Crippen LogP contribution < -0.4 is 0 Å². The Kier molecular flexibility index (Phi) is 5.49. The fourth-order valence-corrected chi connectivity index (χ4v) is 4.24. The molecule has 172 valence electrons. The summed E-state index contributed by atoms with van der Waals surface area (Å²) >= 11 is 0. The molecule has 0 aliphatic carbocycles. The fraction of sp³-hybridized carbons (Fsp3) is 0.231. The first kappa shape index (κ1) is 21.6. The highest BCUT2D eigenvalue weighted by Crippen LogP contribution is 2.28. The minimum Gasteiger partial charge on any atom is -0.361 e. The molecule has 0 N–H and O–H groups in total. The molecule has 0 saturated heterocycles. The lowest BCUT2D eigenvalue weighted by atomic mass is 10.1. The summed E-state index contributed by atoms with van der Waals surface area (Å²) in [5.41, 5.74) is 5.42. The van der Waals surface area contributed by atoms with E-state index in [0.717, 1.165) is 33.7 Å². The Bertz CT molecular complexity index is 1460. The van der Waals surface area contributed by atoms with Crippen LogP contribution in [0.15, 0.2) is 63.6 Å². The number of nitrogens with zero attached hydrogens (tertiary/aromatic N) is 5. The molecule has 0 radical (unpaired) electrons. The molecule has 0 fully saturated rings. The van der Waals surface area contributed by atoms with Crippen LogP contribution in [0.4, 0.5) is 0 Å². The van der Waals surface area contributed by atoms with Gasteiger partial charge in [0, 0.05) is 18.2 Å². The Hall–Kier alpha value is -4.20.